The van der Waals surface area contributed by atoms with Gasteiger partial charge in [0.2, 0.25) is 0 Å². The van der Waals surface area contributed by atoms with Crippen LogP contribution in [0.25, 0.3) is 5.69 Å². The van der Waals surface area contributed by atoms with E-state index in [2.05, 4.69) is 15.5 Å². The van der Waals surface area contributed by atoms with E-state index >= 15 is 0 Å². The Morgan fingerprint density at radius 1 is 1.26 bits per heavy atom. The summed E-state index contributed by atoms with van der Waals surface area (Å²) in [4.78, 5) is 26.2. The number of anilines is 1. The third-order valence-corrected chi connectivity index (χ3v) is 3.77. The van der Waals surface area contributed by atoms with Crippen LogP contribution in [0.3, 0.4) is 0 Å². The van der Waals surface area contributed by atoms with Gasteiger partial charge in [0.1, 0.15) is 0 Å². The molecule has 2 amide bonds. The predicted molar refractivity (Wildman–Crippen MR) is 82.3 cm³/mol. The van der Waals surface area contributed by atoms with E-state index in [4.69, 9.17) is 5.11 Å². The van der Waals surface area contributed by atoms with Gasteiger partial charge in [0.15, 0.2) is 5.82 Å². The van der Waals surface area contributed by atoms with Gasteiger partial charge in [0, 0.05) is 13.1 Å². The molecule has 0 aliphatic carbocycles. The van der Waals surface area contributed by atoms with Crippen molar-refractivity contribution in [3.63, 3.8) is 0 Å². The van der Waals surface area contributed by atoms with Crippen LogP contribution in [0.2, 0.25) is 0 Å². The van der Waals surface area contributed by atoms with Crippen LogP contribution in [-0.4, -0.2) is 50.1 Å². The standard InChI is InChI=1S/C15H17N5O3/c21-14(22)11-5-4-8-19(10-11)15(23)17-13-9-16-20(18-13)12-6-2-1-3-7-12/h1-3,6-7,9,11H,4-5,8,10H2,(H,21,22)(H,17,18,23). The number of likely N-dealkylation sites (tertiary alicyclic amines) is 1. The monoisotopic (exact) mass is 315 g/mol. The summed E-state index contributed by atoms with van der Waals surface area (Å²) < 4.78 is 0. The van der Waals surface area contributed by atoms with Crippen molar-refractivity contribution in [2.45, 2.75) is 12.8 Å². The zero-order valence-corrected chi connectivity index (χ0v) is 12.4. The van der Waals surface area contributed by atoms with Crippen molar-refractivity contribution in [3.05, 3.63) is 36.5 Å². The molecule has 0 spiro atoms. The summed E-state index contributed by atoms with van der Waals surface area (Å²) in [6.07, 6.45) is 2.74. The topological polar surface area (TPSA) is 100 Å². The summed E-state index contributed by atoms with van der Waals surface area (Å²) in [5.74, 6) is -1.04. The minimum atomic E-state index is -0.863. The van der Waals surface area contributed by atoms with Gasteiger partial charge < -0.3 is 10.0 Å². The first kappa shape index (κ1) is 15.0. The summed E-state index contributed by atoms with van der Waals surface area (Å²) in [5, 5.41) is 20.0. The summed E-state index contributed by atoms with van der Waals surface area (Å²) in [7, 11) is 0. The summed E-state index contributed by atoms with van der Waals surface area (Å²) in [6.45, 7) is 0.760. The van der Waals surface area contributed by atoms with Crippen molar-refractivity contribution in [1.82, 2.24) is 19.9 Å². The second kappa shape index (κ2) is 6.47. The van der Waals surface area contributed by atoms with Gasteiger partial charge in [0.05, 0.1) is 17.8 Å². The third-order valence-electron chi connectivity index (χ3n) is 3.77. The van der Waals surface area contributed by atoms with Gasteiger partial charge >= 0.3 is 12.0 Å². The van der Waals surface area contributed by atoms with Gasteiger partial charge in [0.25, 0.3) is 0 Å². The molecule has 3 rings (SSSR count). The zero-order chi connectivity index (χ0) is 16.2. The van der Waals surface area contributed by atoms with Crippen LogP contribution in [0.15, 0.2) is 36.5 Å². The number of aromatic nitrogens is 3. The van der Waals surface area contributed by atoms with Crippen molar-refractivity contribution in [2.24, 2.45) is 5.92 Å². The molecular weight excluding hydrogens is 298 g/mol. The number of piperidine rings is 1. The van der Waals surface area contributed by atoms with E-state index in [1.165, 1.54) is 15.9 Å². The molecule has 0 bridgehead atoms. The molecule has 2 N–H and O–H groups in total. The van der Waals surface area contributed by atoms with Gasteiger partial charge in [-0.3, -0.25) is 10.1 Å². The lowest BCUT2D eigenvalue weighted by Gasteiger charge is -2.30. The fourth-order valence-electron chi connectivity index (χ4n) is 2.56. The quantitative estimate of drug-likeness (QED) is 0.896. The average Bonchev–Trinajstić information content (AvgIpc) is 3.04. The second-order valence-electron chi connectivity index (χ2n) is 5.41. The van der Waals surface area contributed by atoms with Gasteiger partial charge in [-0.1, -0.05) is 18.2 Å². The number of carbonyl (C=O) groups is 2. The lowest BCUT2D eigenvalue weighted by molar-refractivity contribution is -0.143. The minimum absolute atomic E-state index is 0.216. The van der Waals surface area contributed by atoms with E-state index in [-0.39, 0.29) is 12.6 Å². The van der Waals surface area contributed by atoms with Crippen LogP contribution < -0.4 is 5.32 Å². The molecule has 1 aliphatic heterocycles. The van der Waals surface area contributed by atoms with Crippen LogP contribution in [0.1, 0.15) is 12.8 Å². The molecule has 0 radical (unpaired) electrons. The first-order valence-corrected chi connectivity index (χ1v) is 7.40. The molecule has 0 saturated carbocycles. The second-order valence-corrected chi connectivity index (χ2v) is 5.41. The van der Waals surface area contributed by atoms with E-state index in [1.54, 1.807) is 0 Å². The SMILES string of the molecule is O=C(O)C1CCCN(C(=O)Nc2cnn(-c3ccccc3)n2)C1. The number of benzene rings is 1. The Kier molecular flexibility index (Phi) is 4.22. The van der Waals surface area contributed by atoms with Crippen molar-refractivity contribution < 1.29 is 14.7 Å². The third kappa shape index (κ3) is 3.47. The highest BCUT2D eigenvalue weighted by molar-refractivity contribution is 5.88. The fraction of sp³-hybridized carbons (Fsp3) is 0.333. The number of urea groups is 1. The smallest absolute Gasteiger partial charge is 0.323 e. The number of carbonyl (C=O) groups excluding carboxylic acids is 1. The number of rotatable bonds is 3. The number of amides is 2. The van der Waals surface area contributed by atoms with E-state index in [0.717, 1.165) is 5.69 Å². The molecule has 1 aromatic heterocycles. The molecule has 23 heavy (non-hydrogen) atoms. The summed E-state index contributed by atoms with van der Waals surface area (Å²) >= 11 is 0. The molecule has 1 fully saturated rings. The molecule has 8 heteroatoms. The van der Waals surface area contributed by atoms with Gasteiger partial charge in [-0.2, -0.15) is 5.10 Å². The van der Waals surface area contributed by atoms with E-state index < -0.39 is 11.9 Å². The maximum Gasteiger partial charge on any atom is 0.323 e. The molecule has 1 saturated heterocycles. The molecule has 1 atom stereocenters. The normalized spacial score (nSPS) is 17.7. The minimum Gasteiger partial charge on any atom is -0.481 e. The van der Waals surface area contributed by atoms with Crippen LogP contribution in [-0.2, 0) is 4.79 Å². The Hall–Kier alpha value is -2.90. The number of carboxylic acids is 1. The maximum atomic E-state index is 12.2. The molecule has 1 unspecified atom stereocenters. The molecule has 120 valence electrons. The highest BCUT2D eigenvalue weighted by Crippen LogP contribution is 2.17. The number of aliphatic carboxylic acids is 1. The Morgan fingerprint density at radius 3 is 2.78 bits per heavy atom. The first-order valence-electron chi connectivity index (χ1n) is 7.40. The maximum absolute atomic E-state index is 12.2. The van der Waals surface area contributed by atoms with E-state index in [1.807, 2.05) is 30.3 Å². The number of hydrogen-bond acceptors (Lipinski definition) is 4. The van der Waals surface area contributed by atoms with Crippen molar-refractivity contribution in [2.75, 3.05) is 18.4 Å². The Balaban J connectivity index is 1.64. The number of para-hydroxylation sites is 1. The summed E-state index contributed by atoms with van der Waals surface area (Å²) in [6, 6.07) is 9.00. The van der Waals surface area contributed by atoms with Crippen LogP contribution in [0.4, 0.5) is 10.6 Å². The predicted octanol–water partition coefficient (Wildman–Crippen LogP) is 1.60. The van der Waals surface area contributed by atoms with Gasteiger partial charge in [-0.15, -0.1) is 9.90 Å². The number of hydrogen-bond donors (Lipinski definition) is 2. The fourth-order valence-corrected chi connectivity index (χ4v) is 2.56. The molecule has 2 heterocycles. The Labute approximate surface area is 132 Å². The highest BCUT2D eigenvalue weighted by Gasteiger charge is 2.28. The first-order chi connectivity index (χ1) is 11.1. The molecule has 1 aliphatic rings. The summed E-state index contributed by atoms with van der Waals surface area (Å²) in [5.41, 5.74) is 0.789. The van der Waals surface area contributed by atoms with Crippen molar-refractivity contribution >= 4 is 17.8 Å². The van der Waals surface area contributed by atoms with Crippen LogP contribution in [0, 0.1) is 5.92 Å². The number of nitrogens with zero attached hydrogens (tertiary/aromatic N) is 4. The lowest BCUT2D eigenvalue weighted by Crippen LogP contribution is -2.44. The molecule has 2 aromatic rings. The number of carboxylic acid groups (broad SMARTS) is 1. The zero-order valence-electron chi connectivity index (χ0n) is 12.4. The Bertz CT molecular complexity index is 700. The largest absolute Gasteiger partial charge is 0.481 e. The van der Waals surface area contributed by atoms with Crippen molar-refractivity contribution in [1.29, 1.82) is 0 Å². The molecular formula is C15H17N5O3. The highest BCUT2D eigenvalue weighted by atomic mass is 16.4. The van der Waals surface area contributed by atoms with Crippen LogP contribution >= 0.6 is 0 Å². The van der Waals surface area contributed by atoms with E-state index in [9.17, 15) is 9.59 Å². The molecule has 1 aromatic carbocycles. The number of nitrogens with one attached hydrogen (secondary N) is 1. The molecule has 8 nitrogen and oxygen atoms in total. The van der Waals surface area contributed by atoms with Crippen LogP contribution in [0.5, 0.6) is 0 Å². The van der Waals surface area contributed by atoms with Crippen molar-refractivity contribution in [3.8, 4) is 5.69 Å². The lowest BCUT2D eigenvalue weighted by atomic mass is 9.99. The Morgan fingerprint density at radius 2 is 2.04 bits per heavy atom. The van der Waals surface area contributed by atoms with Gasteiger partial charge in [-0.25, -0.2) is 4.79 Å². The van der Waals surface area contributed by atoms with E-state index in [0.29, 0.717) is 25.2 Å². The van der Waals surface area contributed by atoms with Gasteiger partial charge in [-0.05, 0) is 25.0 Å². The average molecular weight is 315 g/mol.